The predicted octanol–water partition coefficient (Wildman–Crippen LogP) is -0.0974. The lowest BCUT2D eigenvalue weighted by Gasteiger charge is -2.35. The number of piperazine rings is 1. The molecule has 0 unspecified atom stereocenters. The third-order valence-electron chi connectivity index (χ3n) is 3.32. The number of aromatic nitrogens is 1. The quantitative estimate of drug-likeness (QED) is 0.803. The van der Waals surface area contributed by atoms with Crippen LogP contribution in [0.2, 0.25) is 0 Å². The third kappa shape index (κ3) is 2.66. The van der Waals surface area contributed by atoms with Crippen molar-refractivity contribution in [1.82, 2.24) is 9.88 Å². The molecular formula is C13H16N4O2. The van der Waals surface area contributed by atoms with Crippen LogP contribution >= 0.6 is 0 Å². The van der Waals surface area contributed by atoms with Crippen molar-refractivity contribution in [3.05, 3.63) is 23.4 Å². The zero-order valence-corrected chi connectivity index (χ0v) is 10.8. The van der Waals surface area contributed by atoms with Crippen LogP contribution in [0.3, 0.4) is 0 Å². The van der Waals surface area contributed by atoms with Gasteiger partial charge in [-0.25, -0.2) is 4.98 Å². The Labute approximate surface area is 111 Å². The largest absolute Gasteiger partial charge is 0.387 e. The highest BCUT2D eigenvalue weighted by Gasteiger charge is 2.23. The van der Waals surface area contributed by atoms with E-state index in [9.17, 15) is 10.1 Å². The summed E-state index contributed by atoms with van der Waals surface area (Å²) in [4.78, 5) is 19.3. The van der Waals surface area contributed by atoms with E-state index in [1.54, 1.807) is 11.1 Å². The van der Waals surface area contributed by atoms with E-state index in [0.29, 0.717) is 37.6 Å². The smallest absolute Gasteiger partial charge is 0.248 e. The van der Waals surface area contributed by atoms with Gasteiger partial charge in [0.15, 0.2) is 0 Å². The molecule has 0 atom stereocenters. The second kappa shape index (κ2) is 5.67. The van der Waals surface area contributed by atoms with E-state index in [1.165, 1.54) is 0 Å². The molecule has 19 heavy (non-hydrogen) atoms. The minimum Gasteiger partial charge on any atom is -0.387 e. The van der Waals surface area contributed by atoms with Gasteiger partial charge in [0.25, 0.3) is 0 Å². The first-order chi connectivity index (χ1) is 9.17. The van der Waals surface area contributed by atoms with E-state index >= 15 is 0 Å². The van der Waals surface area contributed by atoms with Crippen molar-refractivity contribution in [2.75, 3.05) is 37.7 Å². The highest BCUT2D eigenvalue weighted by Crippen LogP contribution is 2.21. The van der Waals surface area contributed by atoms with Crippen molar-refractivity contribution in [3.63, 3.8) is 0 Å². The van der Waals surface area contributed by atoms with E-state index in [-0.39, 0.29) is 5.91 Å². The van der Waals surface area contributed by atoms with Gasteiger partial charge in [-0.2, -0.15) is 5.26 Å². The number of rotatable bonds is 2. The summed E-state index contributed by atoms with van der Waals surface area (Å²) in [7, 11) is 0. The summed E-state index contributed by atoms with van der Waals surface area (Å²) in [5.41, 5.74) is 1.49. The van der Waals surface area contributed by atoms with E-state index in [1.807, 2.05) is 17.9 Å². The first-order valence-corrected chi connectivity index (χ1v) is 6.16. The van der Waals surface area contributed by atoms with Crippen molar-refractivity contribution in [2.24, 2.45) is 0 Å². The minimum absolute atomic E-state index is 0.252. The molecule has 0 aliphatic carbocycles. The zero-order valence-electron chi connectivity index (χ0n) is 10.8. The normalized spacial score (nSPS) is 15.2. The Hall–Kier alpha value is -2.13. The van der Waals surface area contributed by atoms with Gasteiger partial charge in [0, 0.05) is 32.4 Å². The van der Waals surface area contributed by atoms with Gasteiger partial charge in [-0.3, -0.25) is 4.79 Å². The lowest BCUT2D eigenvalue weighted by molar-refractivity contribution is -0.134. The van der Waals surface area contributed by atoms with Crippen LogP contribution in [0, 0.1) is 18.3 Å². The van der Waals surface area contributed by atoms with Crippen LogP contribution in [0.4, 0.5) is 5.82 Å². The van der Waals surface area contributed by atoms with Crippen LogP contribution in [0.1, 0.15) is 11.1 Å². The number of nitriles is 1. The summed E-state index contributed by atoms with van der Waals surface area (Å²) in [6.45, 7) is 3.76. The molecule has 1 fully saturated rings. The molecule has 6 heteroatoms. The highest BCUT2D eigenvalue weighted by atomic mass is 16.3. The fraction of sp³-hybridized carbons (Fsp3) is 0.462. The van der Waals surface area contributed by atoms with Crippen LogP contribution in [-0.4, -0.2) is 53.7 Å². The number of amides is 1. The van der Waals surface area contributed by atoms with E-state index in [4.69, 9.17) is 5.11 Å². The number of aliphatic hydroxyl groups excluding tert-OH is 1. The third-order valence-corrected chi connectivity index (χ3v) is 3.32. The van der Waals surface area contributed by atoms with E-state index in [0.717, 1.165) is 5.56 Å². The number of nitrogens with zero attached hydrogens (tertiary/aromatic N) is 4. The van der Waals surface area contributed by atoms with E-state index < -0.39 is 6.61 Å². The van der Waals surface area contributed by atoms with Gasteiger partial charge in [0.1, 0.15) is 18.5 Å². The Kier molecular flexibility index (Phi) is 3.97. The molecule has 1 aromatic heterocycles. The van der Waals surface area contributed by atoms with Crippen LogP contribution in [0.5, 0.6) is 0 Å². The van der Waals surface area contributed by atoms with Crippen LogP contribution in [0.25, 0.3) is 0 Å². The Morgan fingerprint density at radius 2 is 2.16 bits per heavy atom. The average molecular weight is 260 g/mol. The summed E-state index contributed by atoms with van der Waals surface area (Å²) in [6.07, 6.45) is 1.69. The number of hydrogen-bond donors (Lipinski definition) is 1. The molecule has 0 saturated carbocycles. The Bertz CT molecular complexity index is 516. The number of aryl methyl sites for hydroxylation is 1. The molecule has 1 aliphatic heterocycles. The van der Waals surface area contributed by atoms with Gasteiger partial charge in [-0.1, -0.05) is 0 Å². The monoisotopic (exact) mass is 260 g/mol. The maximum Gasteiger partial charge on any atom is 0.248 e. The SMILES string of the molecule is Cc1ccnc(N2CCN(C(=O)CO)CC2)c1C#N. The Balaban J connectivity index is 2.12. The molecule has 0 bridgehead atoms. The summed E-state index contributed by atoms with van der Waals surface area (Å²) >= 11 is 0. The molecule has 1 aromatic rings. The Morgan fingerprint density at radius 1 is 1.47 bits per heavy atom. The van der Waals surface area contributed by atoms with Crippen LogP contribution in [-0.2, 0) is 4.79 Å². The number of aliphatic hydroxyl groups is 1. The number of hydrogen-bond acceptors (Lipinski definition) is 5. The molecule has 0 spiro atoms. The van der Waals surface area contributed by atoms with Gasteiger partial charge < -0.3 is 14.9 Å². The molecule has 6 nitrogen and oxygen atoms in total. The molecule has 100 valence electrons. The van der Waals surface area contributed by atoms with Crippen molar-refractivity contribution in [1.29, 1.82) is 5.26 Å². The summed E-state index contributed by atoms with van der Waals surface area (Å²) in [6, 6.07) is 3.99. The van der Waals surface area contributed by atoms with Crippen LogP contribution in [0.15, 0.2) is 12.3 Å². The molecule has 0 aromatic carbocycles. The number of carbonyl (C=O) groups is 1. The minimum atomic E-state index is -0.452. The first-order valence-electron chi connectivity index (χ1n) is 6.16. The summed E-state index contributed by atoms with van der Waals surface area (Å²) < 4.78 is 0. The second-order valence-corrected chi connectivity index (χ2v) is 4.46. The lowest BCUT2D eigenvalue weighted by atomic mass is 10.1. The topological polar surface area (TPSA) is 80.5 Å². The number of anilines is 1. The second-order valence-electron chi connectivity index (χ2n) is 4.46. The molecule has 1 N–H and O–H groups in total. The molecule has 2 rings (SSSR count). The predicted molar refractivity (Wildman–Crippen MR) is 69.6 cm³/mol. The highest BCUT2D eigenvalue weighted by molar-refractivity contribution is 5.77. The van der Waals surface area contributed by atoms with Gasteiger partial charge in [-0.15, -0.1) is 0 Å². The van der Waals surface area contributed by atoms with Crippen molar-refractivity contribution in [2.45, 2.75) is 6.92 Å². The molecule has 1 aliphatic rings. The standard InChI is InChI=1S/C13H16N4O2/c1-10-2-3-15-13(11(10)8-14)17-6-4-16(5-7-17)12(19)9-18/h2-3,18H,4-7,9H2,1H3. The molecule has 1 amide bonds. The first kappa shape index (κ1) is 13.3. The fourth-order valence-corrected chi connectivity index (χ4v) is 2.19. The zero-order chi connectivity index (χ0) is 13.8. The lowest BCUT2D eigenvalue weighted by Crippen LogP contribution is -2.50. The summed E-state index contributed by atoms with van der Waals surface area (Å²) in [5, 5.41) is 18.0. The maximum atomic E-state index is 11.4. The van der Waals surface area contributed by atoms with Gasteiger partial charge >= 0.3 is 0 Å². The molecular weight excluding hydrogens is 244 g/mol. The van der Waals surface area contributed by atoms with Crippen molar-refractivity contribution in [3.8, 4) is 6.07 Å². The molecule has 2 heterocycles. The molecule has 1 saturated heterocycles. The van der Waals surface area contributed by atoms with Crippen molar-refractivity contribution < 1.29 is 9.90 Å². The van der Waals surface area contributed by atoms with Gasteiger partial charge in [-0.05, 0) is 18.6 Å². The van der Waals surface area contributed by atoms with Crippen molar-refractivity contribution >= 4 is 11.7 Å². The summed E-state index contributed by atoms with van der Waals surface area (Å²) in [5.74, 6) is 0.427. The van der Waals surface area contributed by atoms with Crippen LogP contribution < -0.4 is 4.90 Å². The van der Waals surface area contributed by atoms with Gasteiger partial charge in [0.2, 0.25) is 5.91 Å². The Morgan fingerprint density at radius 3 is 2.74 bits per heavy atom. The fourth-order valence-electron chi connectivity index (χ4n) is 2.19. The number of carbonyl (C=O) groups excluding carboxylic acids is 1. The van der Waals surface area contributed by atoms with E-state index in [2.05, 4.69) is 11.1 Å². The maximum absolute atomic E-state index is 11.4. The average Bonchev–Trinajstić information content (AvgIpc) is 2.46. The molecule has 0 radical (unpaired) electrons. The number of pyridine rings is 1. The van der Waals surface area contributed by atoms with Gasteiger partial charge in [0.05, 0.1) is 5.56 Å².